The van der Waals surface area contributed by atoms with E-state index < -0.39 is 17.5 Å². The van der Waals surface area contributed by atoms with Crippen LogP contribution in [0.3, 0.4) is 0 Å². The van der Waals surface area contributed by atoms with Gasteiger partial charge in [0.2, 0.25) is 5.78 Å². The Morgan fingerprint density at radius 2 is 1.29 bits per heavy atom. The van der Waals surface area contributed by atoms with Crippen molar-refractivity contribution in [2.75, 3.05) is 33.0 Å². The topological polar surface area (TPSA) is 71.1 Å². The number of hydrogen-bond donors (Lipinski definition) is 0. The Labute approximate surface area is 146 Å². The number of esters is 1. The molecule has 0 atom stereocenters. The lowest BCUT2D eigenvalue weighted by Gasteiger charge is -2.30. The fourth-order valence-corrected chi connectivity index (χ4v) is 1.89. The Bertz CT molecular complexity index is 332. The standard InChI is InChI=1S/C18H34O6/c1-5-9-12-21-15-16(19)18(17(20)22-8-4,23-13-10-6-2)24-14-11-7-3/h5-15H2,1-4H3. The third-order valence-corrected chi connectivity index (χ3v) is 3.39. The molecule has 6 nitrogen and oxygen atoms in total. The molecule has 0 heterocycles. The number of carbonyl (C=O) groups excluding carboxylic acids is 2. The average Bonchev–Trinajstić information content (AvgIpc) is 2.57. The lowest BCUT2D eigenvalue weighted by molar-refractivity contribution is -0.242. The molecule has 0 unspecified atom stereocenters. The smallest absolute Gasteiger partial charge is 0.375 e. The minimum Gasteiger partial charge on any atom is -0.462 e. The molecule has 0 rings (SSSR count). The third kappa shape index (κ3) is 8.22. The molecule has 0 fully saturated rings. The van der Waals surface area contributed by atoms with Gasteiger partial charge in [0.05, 0.1) is 19.8 Å². The molecule has 0 aromatic carbocycles. The highest BCUT2D eigenvalue weighted by Gasteiger charge is 2.50. The Kier molecular flexibility index (Phi) is 13.8. The van der Waals surface area contributed by atoms with Gasteiger partial charge in [0.25, 0.3) is 0 Å². The van der Waals surface area contributed by atoms with Gasteiger partial charge in [-0.1, -0.05) is 40.0 Å². The van der Waals surface area contributed by atoms with Gasteiger partial charge in [-0.2, -0.15) is 0 Å². The molecular weight excluding hydrogens is 312 g/mol. The maximum Gasteiger partial charge on any atom is 0.375 e. The fourth-order valence-electron chi connectivity index (χ4n) is 1.89. The van der Waals surface area contributed by atoms with Gasteiger partial charge in [-0.3, -0.25) is 4.79 Å². The Balaban J connectivity index is 5.10. The summed E-state index contributed by atoms with van der Waals surface area (Å²) in [6.45, 7) is 8.62. The van der Waals surface area contributed by atoms with Crippen LogP contribution in [0.5, 0.6) is 0 Å². The van der Waals surface area contributed by atoms with Crippen molar-refractivity contribution in [3.05, 3.63) is 0 Å². The predicted molar refractivity (Wildman–Crippen MR) is 91.8 cm³/mol. The molecule has 0 N–H and O–H groups in total. The van der Waals surface area contributed by atoms with E-state index in [-0.39, 0.29) is 26.4 Å². The SMILES string of the molecule is CCCCOCC(=O)C(OCCCC)(OCCCC)C(=O)OCC. The number of ketones is 1. The molecule has 0 aromatic heterocycles. The maximum atomic E-state index is 12.7. The van der Waals surface area contributed by atoms with E-state index in [1.165, 1.54) is 0 Å². The average molecular weight is 346 g/mol. The van der Waals surface area contributed by atoms with Crippen molar-refractivity contribution in [2.24, 2.45) is 0 Å². The van der Waals surface area contributed by atoms with E-state index in [0.29, 0.717) is 6.61 Å². The van der Waals surface area contributed by atoms with Crippen molar-refractivity contribution in [3.63, 3.8) is 0 Å². The first-order valence-electron chi connectivity index (χ1n) is 9.15. The zero-order valence-corrected chi connectivity index (χ0v) is 15.7. The number of hydrogen-bond acceptors (Lipinski definition) is 6. The molecule has 0 aromatic rings. The molecule has 0 saturated carbocycles. The summed E-state index contributed by atoms with van der Waals surface area (Å²) < 4.78 is 21.7. The Morgan fingerprint density at radius 1 is 0.792 bits per heavy atom. The quantitative estimate of drug-likeness (QED) is 0.185. The summed E-state index contributed by atoms with van der Waals surface area (Å²) in [7, 11) is 0. The van der Waals surface area contributed by atoms with Crippen LogP contribution in [-0.2, 0) is 28.5 Å². The van der Waals surface area contributed by atoms with Crippen molar-refractivity contribution >= 4 is 11.8 Å². The molecule has 0 radical (unpaired) electrons. The van der Waals surface area contributed by atoms with Crippen LogP contribution in [0.15, 0.2) is 0 Å². The first-order valence-corrected chi connectivity index (χ1v) is 9.15. The van der Waals surface area contributed by atoms with Crippen molar-refractivity contribution in [1.29, 1.82) is 0 Å². The second kappa shape index (κ2) is 14.4. The van der Waals surface area contributed by atoms with E-state index in [9.17, 15) is 9.59 Å². The van der Waals surface area contributed by atoms with Crippen molar-refractivity contribution < 1.29 is 28.5 Å². The lowest BCUT2D eigenvalue weighted by Crippen LogP contribution is -2.54. The number of Topliss-reactive ketones (excluding diaryl/α,β-unsaturated/α-hetero) is 1. The predicted octanol–water partition coefficient (Wildman–Crippen LogP) is 3.27. The number of unbranched alkanes of at least 4 members (excludes halogenated alkanes) is 3. The maximum absolute atomic E-state index is 12.7. The lowest BCUT2D eigenvalue weighted by atomic mass is 10.1. The van der Waals surface area contributed by atoms with Crippen molar-refractivity contribution in [1.82, 2.24) is 0 Å². The summed E-state index contributed by atoms with van der Waals surface area (Å²) in [5, 5.41) is 0. The summed E-state index contributed by atoms with van der Waals surface area (Å²) in [5.41, 5.74) is 0. The van der Waals surface area contributed by atoms with Gasteiger partial charge < -0.3 is 18.9 Å². The van der Waals surface area contributed by atoms with Crippen LogP contribution in [-0.4, -0.2) is 50.6 Å². The van der Waals surface area contributed by atoms with Gasteiger partial charge in [-0.05, 0) is 26.2 Å². The summed E-state index contributed by atoms with van der Waals surface area (Å²) in [5.74, 6) is -3.34. The van der Waals surface area contributed by atoms with E-state index in [0.717, 1.165) is 38.5 Å². The zero-order chi connectivity index (χ0) is 18.3. The van der Waals surface area contributed by atoms with E-state index in [2.05, 4.69) is 0 Å². The van der Waals surface area contributed by atoms with Crippen LogP contribution >= 0.6 is 0 Å². The fraction of sp³-hybridized carbons (Fsp3) is 0.889. The molecule has 24 heavy (non-hydrogen) atoms. The van der Waals surface area contributed by atoms with Gasteiger partial charge in [0.1, 0.15) is 6.61 Å². The summed E-state index contributed by atoms with van der Waals surface area (Å²) in [4.78, 5) is 25.1. The number of carbonyl (C=O) groups is 2. The summed E-state index contributed by atoms with van der Waals surface area (Å²) in [6, 6.07) is 0. The Hall–Kier alpha value is -0.980. The molecule has 0 spiro atoms. The Morgan fingerprint density at radius 3 is 1.75 bits per heavy atom. The van der Waals surface area contributed by atoms with Crippen LogP contribution < -0.4 is 0 Å². The van der Waals surface area contributed by atoms with Gasteiger partial charge in [0.15, 0.2) is 0 Å². The minimum atomic E-state index is -2.01. The third-order valence-electron chi connectivity index (χ3n) is 3.39. The van der Waals surface area contributed by atoms with Gasteiger partial charge in [-0.25, -0.2) is 4.79 Å². The highest BCUT2D eigenvalue weighted by molar-refractivity contribution is 6.06. The molecule has 142 valence electrons. The highest BCUT2D eigenvalue weighted by atomic mass is 16.7. The number of ether oxygens (including phenoxy) is 4. The van der Waals surface area contributed by atoms with E-state index in [1.807, 2.05) is 20.8 Å². The van der Waals surface area contributed by atoms with Gasteiger partial charge in [0, 0.05) is 6.61 Å². The second-order valence-corrected chi connectivity index (χ2v) is 5.57. The monoisotopic (exact) mass is 346 g/mol. The molecule has 0 aliphatic heterocycles. The molecule has 0 saturated heterocycles. The van der Waals surface area contributed by atoms with Crippen LogP contribution in [0.2, 0.25) is 0 Å². The van der Waals surface area contributed by atoms with E-state index in [4.69, 9.17) is 18.9 Å². The van der Waals surface area contributed by atoms with Crippen LogP contribution in [0, 0.1) is 0 Å². The molecule has 0 aliphatic carbocycles. The van der Waals surface area contributed by atoms with E-state index in [1.54, 1.807) is 6.92 Å². The van der Waals surface area contributed by atoms with Crippen molar-refractivity contribution in [3.8, 4) is 0 Å². The summed E-state index contributed by atoms with van der Waals surface area (Å²) >= 11 is 0. The normalized spacial score (nSPS) is 11.5. The first-order chi connectivity index (χ1) is 11.6. The highest BCUT2D eigenvalue weighted by Crippen LogP contribution is 2.20. The number of rotatable bonds is 16. The molecule has 6 heteroatoms. The largest absolute Gasteiger partial charge is 0.462 e. The minimum absolute atomic E-state index is 0.152. The van der Waals surface area contributed by atoms with Crippen LogP contribution in [0.25, 0.3) is 0 Å². The zero-order valence-electron chi connectivity index (χ0n) is 15.7. The van der Waals surface area contributed by atoms with E-state index >= 15 is 0 Å². The van der Waals surface area contributed by atoms with Crippen molar-refractivity contribution in [2.45, 2.75) is 72.0 Å². The first kappa shape index (κ1) is 23.0. The van der Waals surface area contributed by atoms with Gasteiger partial charge in [-0.15, -0.1) is 0 Å². The molecule has 0 bridgehead atoms. The van der Waals surface area contributed by atoms with Gasteiger partial charge >= 0.3 is 11.8 Å². The molecular formula is C18H34O6. The van der Waals surface area contributed by atoms with Crippen LogP contribution in [0.4, 0.5) is 0 Å². The van der Waals surface area contributed by atoms with Crippen LogP contribution in [0.1, 0.15) is 66.2 Å². The second-order valence-electron chi connectivity index (χ2n) is 5.57. The molecule has 0 aliphatic rings. The summed E-state index contributed by atoms with van der Waals surface area (Å²) in [6.07, 6.45) is 5.04. The molecule has 0 amide bonds.